The molecule has 0 spiro atoms. The number of fused-ring (bicyclic) bond motifs is 1. The van der Waals surface area contributed by atoms with Crippen molar-refractivity contribution in [3.05, 3.63) is 69.2 Å². The molecule has 0 fully saturated rings. The van der Waals surface area contributed by atoms with Crippen molar-refractivity contribution in [2.45, 2.75) is 45.1 Å². The first-order valence-corrected chi connectivity index (χ1v) is 10.3. The van der Waals surface area contributed by atoms with Gasteiger partial charge in [0.1, 0.15) is 0 Å². The van der Waals surface area contributed by atoms with Crippen molar-refractivity contribution < 1.29 is 4.79 Å². The van der Waals surface area contributed by atoms with Gasteiger partial charge in [-0.15, -0.1) is 0 Å². The third-order valence-electron chi connectivity index (χ3n) is 5.37. The van der Waals surface area contributed by atoms with E-state index in [9.17, 15) is 4.79 Å². The van der Waals surface area contributed by atoms with Gasteiger partial charge in [-0.1, -0.05) is 47.1 Å². The van der Waals surface area contributed by atoms with Crippen molar-refractivity contribution in [3.8, 4) is 0 Å². The van der Waals surface area contributed by atoms with Gasteiger partial charge in [0.2, 0.25) is 0 Å². The van der Waals surface area contributed by atoms with E-state index in [0.29, 0.717) is 12.5 Å². The Morgan fingerprint density at radius 1 is 1.15 bits per heavy atom. The number of unbranched alkanes of at least 4 members (excludes halogenated alkanes) is 1. The number of hydrogen-bond donors (Lipinski definition) is 1. The molecule has 2 aromatic rings. The molecular weight excluding hydrogens is 388 g/mol. The van der Waals surface area contributed by atoms with Crippen LogP contribution < -0.4 is 5.73 Å². The molecule has 0 aliphatic carbocycles. The maximum Gasteiger partial charge on any atom is 0.254 e. The second kappa shape index (κ2) is 8.83. The standard InChI is InChI=1S/C22H27BrN2O/c1-2-16-15-25(22(26)20-11-10-19(23)13-21(16)20)12-6-5-8-17-7-3-4-9-18(17)14-24/h3-4,7,9-11,13,16H,2,5-6,8,12,14-15,24H2,1H3. The van der Waals surface area contributed by atoms with Crippen LogP contribution >= 0.6 is 15.9 Å². The lowest BCUT2D eigenvalue weighted by Gasteiger charge is -2.34. The average Bonchev–Trinajstić information content (AvgIpc) is 2.67. The molecule has 2 aromatic carbocycles. The lowest BCUT2D eigenvalue weighted by atomic mass is 9.87. The highest BCUT2D eigenvalue weighted by Crippen LogP contribution is 2.32. The highest BCUT2D eigenvalue weighted by atomic mass is 79.9. The minimum absolute atomic E-state index is 0.180. The van der Waals surface area contributed by atoms with Gasteiger partial charge in [-0.2, -0.15) is 0 Å². The van der Waals surface area contributed by atoms with E-state index in [4.69, 9.17) is 5.73 Å². The molecule has 2 N–H and O–H groups in total. The Balaban J connectivity index is 1.60. The van der Waals surface area contributed by atoms with Gasteiger partial charge in [-0.25, -0.2) is 0 Å². The largest absolute Gasteiger partial charge is 0.338 e. The Morgan fingerprint density at radius 2 is 1.92 bits per heavy atom. The van der Waals surface area contributed by atoms with Crippen molar-refractivity contribution in [3.63, 3.8) is 0 Å². The Bertz CT molecular complexity index is 774. The smallest absolute Gasteiger partial charge is 0.254 e. The van der Waals surface area contributed by atoms with Gasteiger partial charge >= 0.3 is 0 Å². The maximum atomic E-state index is 12.8. The van der Waals surface area contributed by atoms with E-state index in [1.54, 1.807) is 0 Å². The number of amides is 1. The molecule has 1 aliphatic rings. The number of nitrogens with two attached hydrogens (primary N) is 1. The minimum Gasteiger partial charge on any atom is -0.338 e. The molecule has 3 nitrogen and oxygen atoms in total. The Morgan fingerprint density at radius 3 is 2.65 bits per heavy atom. The molecule has 4 heteroatoms. The second-order valence-corrected chi connectivity index (χ2v) is 7.93. The summed E-state index contributed by atoms with van der Waals surface area (Å²) in [5, 5.41) is 0. The van der Waals surface area contributed by atoms with Gasteiger partial charge in [0.15, 0.2) is 0 Å². The number of rotatable bonds is 7. The lowest BCUT2D eigenvalue weighted by Crippen LogP contribution is -2.40. The molecular formula is C22H27BrN2O. The van der Waals surface area contributed by atoms with Crippen LogP contribution in [0.1, 0.15) is 59.2 Å². The molecule has 26 heavy (non-hydrogen) atoms. The topological polar surface area (TPSA) is 46.3 Å². The van der Waals surface area contributed by atoms with E-state index in [1.807, 2.05) is 23.1 Å². The van der Waals surface area contributed by atoms with Gasteiger partial charge in [0.25, 0.3) is 5.91 Å². The van der Waals surface area contributed by atoms with Crippen LogP contribution in [0.5, 0.6) is 0 Å². The fraction of sp³-hybridized carbons (Fsp3) is 0.409. The Hall–Kier alpha value is -1.65. The molecule has 1 aliphatic heterocycles. The van der Waals surface area contributed by atoms with Gasteiger partial charge in [0.05, 0.1) is 0 Å². The summed E-state index contributed by atoms with van der Waals surface area (Å²) in [6, 6.07) is 14.4. The van der Waals surface area contributed by atoms with Crippen LogP contribution in [0.4, 0.5) is 0 Å². The monoisotopic (exact) mass is 414 g/mol. The quantitative estimate of drug-likeness (QED) is 0.656. The molecule has 1 amide bonds. The number of benzene rings is 2. The molecule has 1 heterocycles. The second-order valence-electron chi connectivity index (χ2n) is 7.02. The minimum atomic E-state index is 0.180. The zero-order chi connectivity index (χ0) is 18.5. The third-order valence-corrected chi connectivity index (χ3v) is 5.86. The van der Waals surface area contributed by atoms with Crippen LogP contribution in [0, 0.1) is 0 Å². The summed E-state index contributed by atoms with van der Waals surface area (Å²) >= 11 is 3.53. The van der Waals surface area contributed by atoms with E-state index in [2.05, 4.69) is 47.1 Å². The summed E-state index contributed by atoms with van der Waals surface area (Å²) in [5.41, 5.74) is 10.5. The van der Waals surface area contributed by atoms with E-state index in [1.165, 1.54) is 16.7 Å². The van der Waals surface area contributed by atoms with Gasteiger partial charge in [-0.05, 0) is 60.6 Å². The van der Waals surface area contributed by atoms with Crippen LogP contribution in [0.25, 0.3) is 0 Å². The van der Waals surface area contributed by atoms with E-state index in [-0.39, 0.29) is 5.91 Å². The lowest BCUT2D eigenvalue weighted by molar-refractivity contribution is 0.0717. The van der Waals surface area contributed by atoms with Crippen LogP contribution in [-0.4, -0.2) is 23.9 Å². The molecule has 0 bridgehead atoms. The summed E-state index contributed by atoms with van der Waals surface area (Å²) in [6.07, 6.45) is 4.17. The van der Waals surface area contributed by atoms with Crippen LogP contribution in [0.15, 0.2) is 46.9 Å². The van der Waals surface area contributed by atoms with Crippen LogP contribution in [-0.2, 0) is 13.0 Å². The zero-order valence-corrected chi connectivity index (χ0v) is 17.0. The van der Waals surface area contributed by atoms with E-state index < -0.39 is 0 Å². The number of aryl methyl sites for hydroxylation is 1. The number of hydrogen-bond acceptors (Lipinski definition) is 2. The predicted octanol–water partition coefficient (Wildman–Crippen LogP) is 4.88. The Labute approximate surface area is 164 Å². The van der Waals surface area contributed by atoms with Gasteiger partial charge in [0, 0.05) is 35.6 Å². The normalized spacial score (nSPS) is 16.7. The summed E-state index contributed by atoms with van der Waals surface area (Å²) in [5.74, 6) is 0.609. The summed E-state index contributed by atoms with van der Waals surface area (Å²) in [6.45, 7) is 4.45. The molecule has 1 unspecified atom stereocenters. The number of carbonyl (C=O) groups is 1. The number of carbonyl (C=O) groups excluding carboxylic acids is 1. The first-order chi connectivity index (χ1) is 12.6. The van der Waals surface area contributed by atoms with Crippen LogP contribution in [0.2, 0.25) is 0 Å². The molecule has 138 valence electrons. The van der Waals surface area contributed by atoms with Crippen molar-refractivity contribution in [2.24, 2.45) is 5.73 Å². The van der Waals surface area contributed by atoms with Crippen LogP contribution in [0.3, 0.4) is 0 Å². The van der Waals surface area contributed by atoms with Crippen molar-refractivity contribution in [1.82, 2.24) is 4.90 Å². The van der Waals surface area contributed by atoms with Gasteiger partial charge < -0.3 is 10.6 Å². The number of nitrogens with zero attached hydrogens (tertiary/aromatic N) is 1. The molecule has 1 atom stereocenters. The summed E-state index contributed by atoms with van der Waals surface area (Å²) in [7, 11) is 0. The fourth-order valence-electron chi connectivity index (χ4n) is 3.84. The van der Waals surface area contributed by atoms with Gasteiger partial charge in [-0.3, -0.25) is 4.79 Å². The van der Waals surface area contributed by atoms with Crippen molar-refractivity contribution in [1.29, 1.82) is 0 Å². The Kier molecular flexibility index (Phi) is 6.49. The molecule has 0 saturated heterocycles. The summed E-state index contributed by atoms with van der Waals surface area (Å²) in [4.78, 5) is 14.9. The third kappa shape index (κ3) is 4.18. The van der Waals surface area contributed by atoms with E-state index in [0.717, 1.165) is 48.8 Å². The maximum absolute atomic E-state index is 12.8. The first kappa shape index (κ1) is 19.1. The molecule has 0 aromatic heterocycles. The summed E-state index contributed by atoms with van der Waals surface area (Å²) < 4.78 is 1.05. The van der Waals surface area contributed by atoms with Crippen molar-refractivity contribution in [2.75, 3.05) is 13.1 Å². The zero-order valence-electron chi connectivity index (χ0n) is 15.4. The predicted molar refractivity (Wildman–Crippen MR) is 110 cm³/mol. The molecule has 3 rings (SSSR count). The van der Waals surface area contributed by atoms with Crippen molar-refractivity contribution >= 4 is 21.8 Å². The van der Waals surface area contributed by atoms with E-state index >= 15 is 0 Å². The highest BCUT2D eigenvalue weighted by molar-refractivity contribution is 9.10. The highest BCUT2D eigenvalue weighted by Gasteiger charge is 2.29. The number of halogens is 1. The fourth-order valence-corrected chi connectivity index (χ4v) is 4.22. The molecule has 0 radical (unpaired) electrons. The average molecular weight is 415 g/mol. The SMILES string of the molecule is CCC1CN(CCCCc2ccccc2CN)C(=O)c2ccc(Br)cc21. The first-order valence-electron chi connectivity index (χ1n) is 9.49. The molecule has 0 saturated carbocycles.